The van der Waals surface area contributed by atoms with Crippen molar-refractivity contribution in [3.63, 3.8) is 0 Å². The van der Waals surface area contributed by atoms with Crippen LogP contribution in [0.15, 0.2) is 23.3 Å². The molecule has 0 aromatic rings. The van der Waals surface area contributed by atoms with E-state index < -0.39 is 8.07 Å². The van der Waals surface area contributed by atoms with Crippen molar-refractivity contribution in [2.45, 2.75) is 26.0 Å². The van der Waals surface area contributed by atoms with Crippen LogP contribution in [0.2, 0.25) is 26.0 Å². The summed E-state index contributed by atoms with van der Waals surface area (Å²) in [6, 6.07) is 0. The van der Waals surface area contributed by atoms with E-state index in [1.54, 1.807) is 0 Å². The fraction of sp³-hybridized carbons (Fsp3) is 0.500. The Morgan fingerprint density at radius 2 is 2.09 bits per heavy atom. The van der Waals surface area contributed by atoms with Gasteiger partial charge in [-0.15, -0.1) is 0 Å². The summed E-state index contributed by atoms with van der Waals surface area (Å²) in [7, 11) is -1.14. The third-order valence-corrected chi connectivity index (χ3v) is 4.80. The SMILES string of the molecule is C[Si](C)(C)C1=CC=CCB1Cl. The molecule has 1 rings (SSSR count). The zero-order valence-corrected chi connectivity index (χ0v) is 9.15. The Balaban J connectivity index is 2.84. The van der Waals surface area contributed by atoms with E-state index in [0.717, 1.165) is 6.32 Å². The third-order valence-electron chi connectivity index (χ3n) is 1.96. The lowest BCUT2D eigenvalue weighted by molar-refractivity contribution is 1.58. The van der Waals surface area contributed by atoms with E-state index in [-0.39, 0.29) is 6.13 Å². The highest BCUT2D eigenvalue weighted by atomic mass is 35.5. The van der Waals surface area contributed by atoms with Crippen molar-refractivity contribution in [1.29, 1.82) is 0 Å². The standard InChI is InChI=1S/C8H14BClSi/c1-11(2,3)8-6-4-5-7-9(8)10/h4-6H,7H2,1-3H3. The average molecular weight is 185 g/mol. The Morgan fingerprint density at radius 3 is 2.45 bits per heavy atom. The van der Waals surface area contributed by atoms with Crippen LogP contribution in [0.25, 0.3) is 0 Å². The molecule has 3 heteroatoms. The fourth-order valence-electron chi connectivity index (χ4n) is 1.32. The van der Waals surface area contributed by atoms with E-state index >= 15 is 0 Å². The summed E-state index contributed by atoms with van der Waals surface area (Å²) < 4.78 is 0. The molecule has 0 bridgehead atoms. The van der Waals surface area contributed by atoms with Crippen LogP contribution < -0.4 is 0 Å². The van der Waals surface area contributed by atoms with Gasteiger partial charge in [-0.25, -0.2) is 0 Å². The van der Waals surface area contributed by atoms with Crippen LogP contribution in [-0.2, 0) is 0 Å². The summed E-state index contributed by atoms with van der Waals surface area (Å²) in [4.78, 5) is 0. The van der Waals surface area contributed by atoms with Crippen LogP contribution in [0.4, 0.5) is 0 Å². The first kappa shape index (κ1) is 9.14. The molecule has 0 nitrogen and oxygen atoms in total. The van der Waals surface area contributed by atoms with Gasteiger partial charge in [0.25, 0.3) is 6.13 Å². The lowest BCUT2D eigenvalue weighted by atomic mass is 9.69. The molecule has 1 heterocycles. The largest absolute Gasteiger partial charge is 0.278 e. The van der Waals surface area contributed by atoms with Gasteiger partial charge in [0.15, 0.2) is 0 Å². The first-order valence-electron chi connectivity index (χ1n) is 4.03. The minimum atomic E-state index is -1.14. The van der Waals surface area contributed by atoms with Crippen LogP contribution >= 0.6 is 11.5 Å². The fourth-order valence-corrected chi connectivity index (χ4v) is 4.13. The van der Waals surface area contributed by atoms with Crippen molar-refractivity contribution in [3.8, 4) is 0 Å². The minimum absolute atomic E-state index is 0.270. The highest BCUT2D eigenvalue weighted by molar-refractivity contribution is 7.19. The average Bonchev–Trinajstić information content (AvgIpc) is 1.86. The van der Waals surface area contributed by atoms with Crippen molar-refractivity contribution >= 4 is 25.7 Å². The number of hydrogen-bond donors (Lipinski definition) is 0. The molecular weight excluding hydrogens is 170 g/mol. The molecule has 0 saturated heterocycles. The summed E-state index contributed by atoms with van der Waals surface area (Å²) in [6.07, 6.45) is 7.75. The van der Waals surface area contributed by atoms with Crippen molar-refractivity contribution < 1.29 is 0 Å². The molecule has 11 heavy (non-hydrogen) atoms. The van der Waals surface area contributed by atoms with E-state index in [0.29, 0.717) is 0 Å². The minimum Gasteiger partial charge on any atom is -0.189 e. The van der Waals surface area contributed by atoms with Gasteiger partial charge in [-0.05, 0) is 6.32 Å². The monoisotopic (exact) mass is 184 g/mol. The summed E-state index contributed by atoms with van der Waals surface area (Å²) in [5.74, 6) is 0. The van der Waals surface area contributed by atoms with E-state index in [9.17, 15) is 0 Å². The van der Waals surface area contributed by atoms with Crippen molar-refractivity contribution in [2.75, 3.05) is 0 Å². The van der Waals surface area contributed by atoms with Gasteiger partial charge in [-0.3, -0.25) is 0 Å². The van der Waals surface area contributed by atoms with E-state index in [1.165, 1.54) is 5.10 Å². The summed E-state index contributed by atoms with van der Waals surface area (Å²) in [5, 5.41) is 1.49. The van der Waals surface area contributed by atoms with E-state index in [1.807, 2.05) is 0 Å². The quantitative estimate of drug-likeness (QED) is 0.550. The van der Waals surface area contributed by atoms with Gasteiger partial charge in [-0.1, -0.05) is 43.0 Å². The lowest BCUT2D eigenvalue weighted by Gasteiger charge is -2.24. The van der Waals surface area contributed by atoms with Crippen molar-refractivity contribution in [2.24, 2.45) is 0 Å². The van der Waals surface area contributed by atoms with Gasteiger partial charge in [0, 0.05) is 0 Å². The molecule has 0 fully saturated rings. The molecule has 0 spiro atoms. The van der Waals surface area contributed by atoms with Crippen LogP contribution in [0.3, 0.4) is 0 Å². The molecule has 0 atom stereocenters. The molecule has 0 amide bonds. The Kier molecular flexibility index (Phi) is 2.66. The van der Waals surface area contributed by atoms with Gasteiger partial charge >= 0.3 is 0 Å². The second-order valence-corrected chi connectivity index (χ2v) is 9.61. The Bertz CT molecular complexity index is 203. The van der Waals surface area contributed by atoms with Crippen LogP contribution in [-0.4, -0.2) is 14.2 Å². The molecular formula is C8H14BClSi. The lowest BCUT2D eigenvalue weighted by Crippen LogP contribution is -2.32. The molecule has 1 aliphatic heterocycles. The maximum Gasteiger partial charge on any atom is 0.278 e. The van der Waals surface area contributed by atoms with Gasteiger partial charge in [0.1, 0.15) is 0 Å². The zero-order valence-electron chi connectivity index (χ0n) is 7.39. The number of halogens is 1. The summed E-state index contributed by atoms with van der Waals surface area (Å²) >= 11 is 6.18. The van der Waals surface area contributed by atoms with Crippen molar-refractivity contribution in [1.82, 2.24) is 0 Å². The Morgan fingerprint density at radius 1 is 1.45 bits per heavy atom. The van der Waals surface area contributed by atoms with E-state index in [2.05, 4.69) is 37.9 Å². The Hall–Kier alpha value is 0.0518. The molecule has 60 valence electrons. The third kappa shape index (κ3) is 2.24. The maximum atomic E-state index is 6.18. The molecule has 0 saturated carbocycles. The topological polar surface area (TPSA) is 0 Å². The normalized spacial score (nSPS) is 18.5. The van der Waals surface area contributed by atoms with Gasteiger partial charge in [0.05, 0.1) is 8.07 Å². The van der Waals surface area contributed by atoms with Crippen LogP contribution in [0, 0.1) is 0 Å². The highest BCUT2D eigenvalue weighted by Crippen LogP contribution is 2.24. The summed E-state index contributed by atoms with van der Waals surface area (Å²) in [6.45, 7) is 7.02. The highest BCUT2D eigenvalue weighted by Gasteiger charge is 2.28. The van der Waals surface area contributed by atoms with Crippen molar-refractivity contribution in [3.05, 3.63) is 23.3 Å². The second kappa shape index (κ2) is 3.20. The van der Waals surface area contributed by atoms with E-state index in [4.69, 9.17) is 11.5 Å². The maximum absolute atomic E-state index is 6.18. The molecule has 0 N–H and O–H groups in total. The number of rotatable bonds is 1. The van der Waals surface area contributed by atoms with Gasteiger partial charge in [-0.2, -0.15) is 11.5 Å². The first-order valence-corrected chi connectivity index (χ1v) is 7.97. The predicted octanol–water partition coefficient (Wildman–Crippen LogP) is 3.13. The second-order valence-electron chi connectivity index (χ2n) is 4.00. The van der Waals surface area contributed by atoms with Gasteiger partial charge < -0.3 is 0 Å². The Labute approximate surface area is 75.3 Å². The molecule has 1 aliphatic rings. The first-order chi connectivity index (χ1) is 5.02. The molecule has 0 unspecified atom stereocenters. The zero-order chi connectivity index (χ0) is 8.48. The van der Waals surface area contributed by atoms with Crippen LogP contribution in [0.1, 0.15) is 0 Å². The van der Waals surface area contributed by atoms with Gasteiger partial charge in [0.2, 0.25) is 0 Å². The molecule has 0 radical (unpaired) electrons. The summed E-state index contributed by atoms with van der Waals surface area (Å²) in [5.41, 5.74) is 0. The predicted molar refractivity (Wildman–Crippen MR) is 57.0 cm³/mol. The molecule has 0 aromatic heterocycles. The van der Waals surface area contributed by atoms with Crippen LogP contribution in [0.5, 0.6) is 0 Å². The number of allylic oxidation sites excluding steroid dienone is 3. The smallest absolute Gasteiger partial charge is 0.189 e. The molecule has 0 aromatic carbocycles. The number of hydrogen-bond acceptors (Lipinski definition) is 0. The molecule has 0 aliphatic carbocycles.